The number of ether oxygens (including phenoxy) is 1. The molecule has 0 bridgehead atoms. The molecule has 0 aliphatic carbocycles. The number of thiocarbonyl (C=S) groups is 1. The first-order chi connectivity index (χ1) is 6.61. The lowest BCUT2D eigenvalue weighted by atomic mass is 10.1. The van der Waals surface area contributed by atoms with Gasteiger partial charge in [0, 0.05) is 19.3 Å². The number of rotatable bonds is 3. The van der Waals surface area contributed by atoms with E-state index in [1.54, 1.807) is 6.92 Å². The number of carbonyl (C=O) groups excluding carboxylic acids is 1. The molecule has 1 heterocycles. The molecule has 0 saturated carbocycles. The lowest BCUT2D eigenvalue weighted by Crippen LogP contribution is -2.44. The molecule has 14 heavy (non-hydrogen) atoms. The summed E-state index contributed by atoms with van der Waals surface area (Å²) in [6, 6.07) is 0.216. The Bertz CT molecular complexity index is 227. The van der Waals surface area contributed by atoms with Crippen molar-refractivity contribution in [2.24, 2.45) is 11.7 Å². The average molecular weight is 216 g/mol. The van der Waals surface area contributed by atoms with Gasteiger partial charge in [0.2, 0.25) is 5.91 Å². The van der Waals surface area contributed by atoms with E-state index in [4.69, 9.17) is 22.7 Å². The van der Waals surface area contributed by atoms with Crippen LogP contribution in [0.25, 0.3) is 0 Å². The minimum atomic E-state index is -0.382. The smallest absolute Gasteiger partial charge is 0.229 e. The fraction of sp³-hybridized carbons (Fsp3) is 0.778. The number of nitrogens with two attached hydrogens (primary N) is 1. The summed E-state index contributed by atoms with van der Waals surface area (Å²) in [6.45, 7) is 3.15. The zero-order chi connectivity index (χ0) is 10.6. The van der Waals surface area contributed by atoms with Crippen molar-refractivity contribution in [3.8, 4) is 0 Å². The van der Waals surface area contributed by atoms with Crippen LogP contribution in [0.2, 0.25) is 0 Å². The summed E-state index contributed by atoms with van der Waals surface area (Å²) in [5.74, 6) is -0.461. The molecule has 1 amide bonds. The van der Waals surface area contributed by atoms with Crippen molar-refractivity contribution in [1.82, 2.24) is 5.32 Å². The number of hydrogen-bond donors (Lipinski definition) is 2. The minimum Gasteiger partial charge on any atom is -0.393 e. The fourth-order valence-electron chi connectivity index (χ4n) is 1.30. The van der Waals surface area contributed by atoms with Gasteiger partial charge >= 0.3 is 0 Å². The number of nitrogens with one attached hydrogen (secondary N) is 1. The lowest BCUT2D eigenvalue weighted by Gasteiger charge is -2.24. The largest absolute Gasteiger partial charge is 0.393 e. The summed E-state index contributed by atoms with van der Waals surface area (Å²) in [4.78, 5) is 11.8. The third-order valence-corrected chi connectivity index (χ3v) is 2.74. The maximum atomic E-state index is 11.5. The molecule has 1 saturated heterocycles. The van der Waals surface area contributed by atoms with Crippen molar-refractivity contribution in [3.05, 3.63) is 0 Å². The van der Waals surface area contributed by atoms with Crippen molar-refractivity contribution < 1.29 is 9.53 Å². The minimum absolute atomic E-state index is 0.0793. The average Bonchev–Trinajstić information content (AvgIpc) is 2.18. The van der Waals surface area contributed by atoms with Gasteiger partial charge in [0.25, 0.3) is 0 Å². The Hall–Kier alpha value is -0.680. The summed E-state index contributed by atoms with van der Waals surface area (Å²) in [5.41, 5.74) is 5.39. The molecule has 1 rings (SSSR count). The van der Waals surface area contributed by atoms with Crippen LogP contribution in [0.5, 0.6) is 0 Å². The van der Waals surface area contributed by atoms with Crippen molar-refractivity contribution in [3.63, 3.8) is 0 Å². The van der Waals surface area contributed by atoms with E-state index in [9.17, 15) is 4.79 Å². The third kappa shape index (κ3) is 3.23. The number of amides is 1. The van der Waals surface area contributed by atoms with Crippen LogP contribution in [0.1, 0.15) is 19.8 Å². The molecule has 1 aliphatic rings. The van der Waals surface area contributed by atoms with Crippen LogP contribution in [0.4, 0.5) is 0 Å². The molecule has 1 unspecified atom stereocenters. The van der Waals surface area contributed by atoms with Crippen molar-refractivity contribution in [1.29, 1.82) is 0 Å². The van der Waals surface area contributed by atoms with E-state index >= 15 is 0 Å². The molecule has 1 fully saturated rings. The summed E-state index contributed by atoms with van der Waals surface area (Å²) in [5, 5.41) is 2.91. The highest BCUT2D eigenvalue weighted by atomic mass is 32.1. The van der Waals surface area contributed by atoms with Crippen LogP contribution in [-0.2, 0) is 9.53 Å². The Morgan fingerprint density at radius 3 is 2.64 bits per heavy atom. The molecule has 1 atom stereocenters. The predicted octanol–water partition coefficient (Wildman–Crippen LogP) is 0.204. The van der Waals surface area contributed by atoms with Crippen LogP contribution < -0.4 is 11.1 Å². The van der Waals surface area contributed by atoms with Crippen LogP contribution >= 0.6 is 12.2 Å². The van der Waals surface area contributed by atoms with E-state index in [0.717, 1.165) is 12.8 Å². The Labute approximate surface area is 89.2 Å². The normalized spacial score (nSPS) is 20.1. The third-order valence-electron chi connectivity index (χ3n) is 2.39. The van der Waals surface area contributed by atoms with Crippen LogP contribution in [0.15, 0.2) is 0 Å². The van der Waals surface area contributed by atoms with Crippen LogP contribution in [-0.4, -0.2) is 30.2 Å². The van der Waals surface area contributed by atoms with Gasteiger partial charge in [-0.05, 0) is 19.8 Å². The molecule has 0 aromatic heterocycles. The Morgan fingerprint density at radius 1 is 1.57 bits per heavy atom. The first kappa shape index (κ1) is 11.4. The van der Waals surface area contributed by atoms with Crippen molar-refractivity contribution >= 4 is 23.1 Å². The van der Waals surface area contributed by atoms with Gasteiger partial charge in [0.05, 0.1) is 10.9 Å². The van der Waals surface area contributed by atoms with E-state index in [2.05, 4.69) is 5.32 Å². The second kappa shape index (κ2) is 5.26. The highest BCUT2D eigenvalue weighted by molar-refractivity contribution is 7.80. The van der Waals surface area contributed by atoms with Crippen LogP contribution in [0, 0.1) is 5.92 Å². The van der Waals surface area contributed by atoms with Gasteiger partial charge in [0.1, 0.15) is 0 Å². The van der Waals surface area contributed by atoms with E-state index in [0.29, 0.717) is 13.2 Å². The first-order valence-electron chi connectivity index (χ1n) is 4.78. The van der Waals surface area contributed by atoms with Crippen molar-refractivity contribution in [2.75, 3.05) is 13.2 Å². The van der Waals surface area contributed by atoms with Gasteiger partial charge in [-0.2, -0.15) is 0 Å². The Morgan fingerprint density at radius 2 is 2.14 bits per heavy atom. The molecular weight excluding hydrogens is 200 g/mol. The summed E-state index contributed by atoms with van der Waals surface area (Å²) in [6.07, 6.45) is 1.74. The van der Waals surface area contributed by atoms with Crippen LogP contribution in [0.3, 0.4) is 0 Å². The van der Waals surface area contributed by atoms with Gasteiger partial charge in [0.15, 0.2) is 0 Å². The zero-order valence-electron chi connectivity index (χ0n) is 8.29. The number of hydrogen-bond acceptors (Lipinski definition) is 3. The fourth-order valence-corrected chi connectivity index (χ4v) is 1.40. The van der Waals surface area contributed by atoms with E-state index < -0.39 is 0 Å². The van der Waals surface area contributed by atoms with E-state index in [1.807, 2.05) is 0 Å². The van der Waals surface area contributed by atoms with Gasteiger partial charge in [-0.15, -0.1) is 0 Å². The zero-order valence-corrected chi connectivity index (χ0v) is 9.10. The molecule has 4 nitrogen and oxygen atoms in total. The molecule has 1 aliphatic heterocycles. The highest BCUT2D eigenvalue weighted by Gasteiger charge is 2.20. The van der Waals surface area contributed by atoms with Gasteiger partial charge in [-0.25, -0.2) is 0 Å². The highest BCUT2D eigenvalue weighted by Crippen LogP contribution is 2.07. The van der Waals surface area contributed by atoms with Crippen molar-refractivity contribution in [2.45, 2.75) is 25.8 Å². The van der Waals surface area contributed by atoms with E-state index in [1.165, 1.54) is 0 Å². The quantitative estimate of drug-likeness (QED) is 0.662. The van der Waals surface area contributed by atoms with Gasteiger partial charge < -0.3 is 15.8 Å². The predicted molar refractivity (Wildman–Crippen MR) is 57.9 cm³/mol. The molecule has 80 valence electrons. The topological polar surface area (TPSA) is 64.3 Å². The summed E-state index contributed by atoms with van der Waals surface area (Å²) >= 11 is 4.75. The second-order valence-corrected chi connectivity index (χ2v) is 3.99. The molecule has 0 spiro atoms. The maximum absolute atomic E-state index is 11.5. The molecule has 0 aromatic carbocycles. The standard InChI is InChI=1S/C9H16N2O2S/c1-6(8(10)14)9(12)11-7-2-4-13-5-3-7/h6-7H,2-5H2,1H3,(H2,10,14)(H,11,12). The molecule has 3 N–H and O–H groups in total. The Kier molecular flexibility index (Phi) is 4.28. The first-order valence-corrected chi connectivity index (χ1v) is 5.19. The van der Waals surface area contributed by atoms with Gasteiger partial charge in [-0.3, -0.25) is 4.79 Å². The summed E-state index contributed by atoms with van der Waals surface area (Å²) < 4.78 is 5.19. The Balaban J connectivity index is 2.35. The second-order valence-electron chi connectivity index (χ2n) is 3.52. The maximum Gasteiger partial charge on any atom is 0.229 e. The number of carbonyl (C=O) groups is 1. The van der Waals surface area contributed by atoms with E-state index in [-0.39, 0.29) is 22.9 Å². The summed E-state index contributed by atoms with van der Waals surface area (Å²) in [7, 11) is 0. The lowest BCUT2D eigenvalue weighted by molar-refractivity contribution is -0.123. The van der Waals surface area contributed by atoms with Gasteiger partial charge in [-0.1, -0.05) is 12.2 Å². The molecule has 5 heteroatoms. The molecule has 0 aromatic rings. The molecular formula is C9H16N2O2S. The SMILES string of the molecule is CC(C(=O)NC1CCOCC1)C(N)=S. The molecule has 0 radical (unpaired) electrons. The monoisotopic (exact) mass is 216 g/mol.